The lowest BCUT2D eigenvalue weighted by atomic mass is 10.1. The van der Waals surface area contributed by atoms with Crippen molar-refractivity contribution in [3.8, 4) is 5.69 Å². The second-order valence-corrected chi connectivity index (χ2v) is 7.45. The first-order valence-corrected chi connectivity index (χ1v) is 11.1. The molecule has 0 bridgehead atoms. The average Bonchev–Trinajstić information content (AvgIpc) is 3.36. The molecule has 172 valence electrons. The Morgan fingerprint density at radius 1 is 0.969 bits per heavy atom. The lowest BCUT2D eigenvalue weighted by molar-refractivity contribution is 0.295. The maximum Gasteiger partial charge on any atom is 0.191 e. The molecule has 3 aromatic rings. The van der Waals surface area contributed by atoms with Gasteiger partial charge in [-0.15, -0.1) is 24.0 Å². The van der Waals surface area contributed by atoms with Crippen LogP contribution in [0.5, 0.6) is 0 Å². The van der Waals surface area contributed by atoms with Crippen LogP contribution in [0.1, 0.15) is 30.5 Å². The van der Waals surface area contributed by atoms with Crippen molar-refractivity contribution in [2.45, 2.75) is 33.4 Å². The molecule has 0 amide bonds. The van der Waals surface area contributed by atoms with E-state index in [1.54, 1.807) is 6.20 Å². The van der Waals surface area contributed by atoms with E-state index in [0.29, 0.717) is 0 Å². The minimum Gasteiger partial charge on any atom is -0.356 e. The fraction of sp³-hybridized carbons (Fsp3) is 0.360. The first-order chi connectivity index (χ1) is 15.2. The second kappa shape index (κ2) is 13.9. The molecule has 0 saturated carbocycles. The Morgan fingerprint density at radius 2 is 1.69 bits per heavy atom. The van der Waals surface area contributed by atoms with Gasteiger partial charge in [0.1, 0.15) is 0 Å². The van der Waals surface area contributed by atoms with Gasteiger partial charge in [-0.2, -0.15) is 5.10 Å². The van der Waals surface area contributed by atoms with E-state index in [9.17, 15) is 0 Å². The fourth-order valence-corrected chi connectivity index (χ4v) is 3.53. The maximum atomic E-state index is 4.38. The third kappa shape index (κ3) is 7.63. The number of halogens is 1. The van der Waals surface area contributed by atoms with Gasteiger partial charge in [0.15, 0.2) is 5.96 Å². The van der Waals surface area contributed by atoms with E-state index in [1.807, 2.05) is 24.0 Å². The standard InChI is InChI=1S/C25H34N6.HI/c1-4-30(5-2)20-23-10-7-6-9-22(23)19-28-25(26-3)27-17-15-21-11-13-24(14-12-21)31-18-8-16-29-31;/h6-14,16,18H,4-5,15,17,19-20H2,1-3H3,(H2,26,27,28);1H. The van der Waals surface area contributed by atoms with Crippen molar-refractivity contribution in [3.05, 3.63) is 83.7 Å². The highest BCUT2D eigenvalue weighted by atomic mass is 127. The van der Waals surface area contributed by atoms with Gasteiger partial charge in [0.25, 0.3) is 0 Å². The summed E-state index contributed by atoms with van der Waals surface area (Å²) in [5, 5.41) is 11.1. The molecule has 1 heterocycles. The second-order valence-electron chi connectivity index (χ2n) is 7.45. The molecule has 2 aromatic carbocycles. The minimum atomic E-state index is 0. The lowest BCUT2D eigenvalue weighted by Crippen LogP contribution is -2.38. The molecule has 0 saturated heterocycles. The summed E-state index contributed by atoms with van der Waals surface area (Å²) in [7, 11) is 1.82. The van der Waals surface area contributed by atoms with E-state index in [4.69, 9.17) is 0 Å². The molecule has 0 fully saturated rings. The van der Waals surface area contributed by atoms with Crippen LogP contribution in [0.15, 0.2) is 72.0 Å². The Hall–Kier alpha value is -2.39. The maximum absolute atomic E-state index is 4.38. The number of nitrogens with one attached hydrogen (secondary N) is 2. The SMILES string of the molecule is CCN(CC)Cc1ccccc1CNC(=NC)NCCc1ccc(-n2cccn2)cc1.I. The molecule has 0 radical (unpaired) electrons. The van der Waals surface area contributed by atoms with Crippen LogP contribution in [0.25, 0.3) is 5.69 Å². The summed E-state index contributed by atoms with van der Waals surface area (Å²) in [6, 6.07) is 19.1. The summed E-state index contributed by atoms with van der Waals surface area (Å²) in [5.74, 6) is 0.825. The molecular formula is C25H35IN6. The molecular weight excluding hydrogens is 511 g/mol. The molecule has 32 heavy (non-hydrogen) atoms. The third-order valence-corrected chi connectivity index (χ3v) is 5.49. The van der Waals surface area contributed by atoms with Crippen LogP contribution in [-0.2, 0) is 19.5 Å². The predicted molar refractivity (Wildman–Crippen MR) is 144 cm³/mol. The predicted octanol–water partition coefficient (Wildman–Crippen LogP) is 4.24. The van der Waals surface area contributed by atoms with Crippen LogP contribution in [0.4, 0.5) is 0 Å². The Bertz CT molecular complexity index is 933. The lowest BCUT2D eigenvalue weighted by Gasteiger charge is -2.20. The molecule has 3 rings (SSSR count). The quantitative estimate of drug-likeness (QED) is 0.227. The van der Waals surface area contributed by atoms with Gasteiger partial charge in [-0.1, -0.05) is 50.2 Å². The number of aliphatic imine (C=N–C) groups is 1. The van der Waals surface area contributed by atoms with Crippen LogP contribution in [0.2, 0.25) is 0 Å². The zero-order valence-corrected chi connectivity index (χ0v) is 21.6. The van der Waals surface area contributed by atoms with Crippen molar-refractivity contribution in [1.29, 1.82) is 0 Å². The van der Waals surface area contributed by atoms with Crippen LogP contribution in [-0.4, -0.2) is 47.3 Å². The number of nitrogens with zero attached hydrogens (tertiary/aromatic N) is 4. The molecule has 0 atom stereocenters. The highest BCUT2D eigenvalue weighted by molar-refractivity contribution is 14.0. The summed E-state index contributed by atoms with van der Waals surface area (Å²) in [4.78, 5) is 6.81. The van der Waals surface area contributed by atoms with Gasteiger partial charge in [-0.05, 0) is 54.4 Å². The summed E-state index contributed by atoms with van der Waals surface area (Å²) in [5.41, 5.74) is 5.03. The van der Waals surface area contributed by atoms with Gasteiger partial charge < -0.3 is 10.6 Å². The van der Waals surface area contributed by atoms with Crippen molar-refractivity contribution in [1.82, 2.24) is 25.3 Å². The summed E-state index contributed by atoms with van der Waals surface area (Å²) in [6.45, 7) is 9.10. The first-order valence-electron chi connectivity index (χ1n) is 11.1. The molecule has 0 unspecified atom stereocenters. The Labute approximate surface area is 209 Å². The minimum absolute atomic E-state index is 0. The van der Waals surface area contributed by atoms with E-state index in [1.165, 1.54) is 16.7 Å². The number of benzene rings is 2. The van der Waals surface area contributed by atoms with Gasteiger partial charge in [-0.3, -0.25) is 9.89 Å². The molecule has 2 N–H and O–H groups in total. The Balaban J connectivity index is 0.00000363. The van der Waals surface area contributed by atoms with E-state index in [2.05, 4.69) is 88.0 Å². The van der Waals surface area contributed by atoms with Crippen molar-refractivity contribution >= 4 is 29.9 Å². The topological polar surface area (TPSA) is 57.5 Å². The summed E-state index contributed by atoms with van der Waals surface area (Å²) >= 11 is 0. The first kappa shape index (κ1) is 25.9. The number of guanidine groups is 1. The van der Waals surface area contributed by atoms with Gasteiger partial charge in [0.05, 0.1) is 5.69 Å². The van der Waals surface area contributed by atoms with Crippen molar-refractivity contribution in [3.63, 3.8) is 0 Å². The molecule has 0 aliphatic carbocycles. The van der Waals surface area contributed by atoms with Gasteiger partial charge in [0, 0.05) is 39.1 Å². The van der Waals surface area contributed by atoms with Gasteiger partial charge in [0.2, 0.25) is 0 Å². The highest BCUT2D eigenvalue weighted by Crippen LogP contribution is 2.12. The molecule has 6 nitrogen and oxygen atoms in total. The van der Waals surface area contributed by atoms with Crippen LogP contribution < -0.4 is 10.6 Å². The zero-order valence-electron chi connectivity index (χ0n) is 19.3. The molecule has 0 aliphatic heterocycles. The zero-order chi connectivity index (χ0) is 21.9. The van der Waals surface area contributed by atoms with E-state index >= 15 is 0 Å². The molecule has 7 heteroatoms. The smallest absolute Gasteiger partial charge is 0.191 e. The van der Waals surface area contributed by atoms with E-state index in [-0.39, 0.29) is 24.0 Å². The van der Waals surface area contributed by atoms with Gasteiger partial charge in [-0.25, -0.2) is 4.68 Å². The number of hydrogen-bond donors (Lipinski definition) is 2. The third-order valence-electron chi connectivity index (χ3n) is 5.49. The summed E-state index contributed by atoms with van der Waals surface area (Å²) < 4.78 is 1.87. The van der Waals surface area contributed by atoms with E-state index < -0.39 is 0 Å². The van der Waals surface area contributed by atoms with Crippen molar-refractivity contribution in [2.75, 3.05) is 26.7 Å². The summed E-state index contributed by atoms with van der Waals surface area (Å²) in [6.07, 6.45) is 4.67. The number of aromatic nitrogens is 2. The van der Waals surface area contributed by atoms with Crippen LogP contribution in [0.3, 0.4) is 0 Å². The van der Waals surface area contributed by atoms with Crippen molar-refractivity contribution < 1.29 is 0 Å². The highest BCUT2D eigenvalue weighted by Gasteiger charge is 2.07. The molecule has 0 aliphatic rings. The van der Waals surface area contributed by atoms with Crippen molar-refractivity contribution in [2.24, 2.45) is 4.99 Å². The van der Waals surface area contributed by atoms with E-state index in [0.717, 1.165) is 50.8 Å². The molecule has 0 spiro atoms. The largest absolute Gasteiger partial charge is 0.356 e. The Kier molecular flexibility index (Phi) is 11.2. The Morgan fingerprint density at radius 3 is 2.31 bits per heavy atom. The molecule has 1 aromatic heterocycles. The monoisotopic (exact) mass is 546 g/mol. The van der Waals surface area contributed by atoms with Crippen LogP contribution >= 0.6 is 24.0 Å². The van der Waals surface area contributed by atoms with Gasteiger partial charge >= 0.3 is 0 Å². The average molecular weight is 547 g/mol. The normalized spacial score (nSPS) is 11.3. The number of hydrogen-bond acceptors (Lipinski definition) is 3. The number of rotatable bonds is 10. The van der Waals surface area contributed by atoms with Crippen LogP contribution in [0, 0.1) is 0 Å². The fourth-order valence-electron chi connectivity index (χ4n) is 3.53.